The number of hydrogen-bond donors (Lipinski definition) is 1. The smallest absolute Gasteiger partial charge is 0.254 e. The number of benzene rings is 1. The van der Waals surface area contributed by atoms with E-state index in [1.54, 1.807) is 19.2 Å². The molecule has 1 aromatic rings. The Morgan fingerprint density at radius 3 is 2.78 bits per heavy atom. The molecule has 1 amide bonds. The molecule has 23 heavy (non-hydrogen) atoms. The van der Waals surface area contributed by atoms with Crippen molar-refractivity contribution in [2.24, 2.45) is 17.6 Å². The van der Waals surface area contributed by atoms with E-state index in [9.17, 15) is 4.79 Å². The van der Waals surface area contributed by atoms with Crippen LogP contribution in [0.25, 0.3) is 0 Å². The highest BCUT2D eigenvalue weighted by molar-refractivity contribution is 6.32. The molecule has 1 saturated heterocycles. The number of methoxy groups -OCH3 is 1. The molecule has 0 spiro atoms. The van der Waals surface area contributed by atoms with Gasteiger partial charge in [-0.25, -0.2) is 0 Å². The first-order chi connectivity index (χ1) is 11.0. The van der Waals surface area contributed by atoms with E-state index in [1.165, 1.54) is 0 Å². The van der Waals surface area contributed by atoms with Gasteiger partial charge in [0, 0.05) is 18.7 Å². The number of rotatable bonds is 6. The Balaban J connectivity index is 2.20. The molecule has 5 nitrogen and oxygen atoms in total. The number of likely N-dealkylation sites (tertiary alicyclic amines) is 1. The summed E-state index contributed by atoms with van der Waals surface area (Å²) in [7, 11) is 1.54. The monoisotopic (exact) mass is 340 g/mol. The molecule has 1 aliphatic heterocycles. The Kier molecular flexibility index (Phi) is 6.13. The maximum atomic E-state index is 12.6. The predicted octanol–water partition coefficient (Wildman–Crippen LogP) is 2.80. The van der Waals surface area contributed by atoms with Crippen LogP contribution >= 0.6 is 11.6 Å². The van der Waals surface area contributed by atoms with E-state index < -0.39 is 0 Å². The van der Waals surface area contributed by atoms with Crippen molar-refractivity contribution >= 4 is 17.5 Å². The average Bonchev–Trinajstić information content (AvgIpc) is 3.01. The molecule has 1 aromatic carbocycles. The van der Waals surface area contributed by atoms with Crippen LogP contribution < -0.4 is 15.2 Å². The third-order valence-electron chi connectivity index (χ3n) is 3.94. The molecule has 6 heteroatoms. The molecule has 2 rings (SSSR count). The van der Waals surface area contributed by atoms with E-state index in [-0.39, 0.29) is 5.91 Å². The first-order valence-corrected chi connectivity index (χ1v) is 8.33. The molecule has 128 valence electrons. The Bertz CT molecular complexity index is 563. The fourth-order valence-corrected chi connectivity index (χ4v) is 2.89. The maximum Gasteiger partial charge on any atom is 0.254 e. The van der Waals surface area contributed by atoms with Crippen LogP contribution in [0.2, 0.25) is 5.02 Å². The van der Waals surface area contributed by atoms with Crippen molar-refractivity contribution in [1.29, 1.82) is 0 Å². The highest BCUT2D eigenvalue weighted by Crippen LogP contribution is 2.37. The van der Waals surface area contributed by atoms with Gasteiger partial charge in [0.15, 0.2) is 11.5 Å². The van der Waals surface area contributed by atoms with Crippen LogP contribution in [0.3, 0.4) is 0 Å². The number of ether oxygens (including phenoxy) is 2. The van der Waals surface area contributed by atoms with Crippen molar-refractivity contribution in [3.63, 3.8) is 0 Å². The summed E-state index contributed by atoms with van der Waals surface area (Å²) in [6.45, 7) is 6.68. The zero-order valence-electron chi connectivity index (χ0n) is 14.0. The van der Waals surface area contributed by atoms with E-state index in [1.807, 2.05) is 4.90 Å². The van der Waals surface area contributed by atoms with Crippen molar-refractivity contribution < 1.29 is 14.3 Å². The number of nitrogens with two attached hydrogens (primary N) is 1. The minimum absolute atomic E-state index is 0.0449. The van der Waals surface area contributed by atoms with E-state index >= 15 is 0 Å². The molecule has 0 radical (unpaired) electrons. The van der Waals surface area contributed by atoms with Crippen LogP contribution in [0.4, 0.5) is 0 Å². The standard InChI is InChI=1S/C17H25ClN2O3/c1-11(2)10-23-16-14(18)6-13(7-15(16)22-3)17(21)20-5-4-12(8-19)9-20/h6-7,11-12H,4-5,8-10,19H2,1-3H3/t12-/m0/s1. The van der Waals surface area contributed by atoms with Crippen LogP contribution in [-0.2, 0) is 0 Å². The van der Waals surface area contributed by atoms with Gasteiger partial charge in [-0.15, -0.1) is 0 Å². The molecule has 0 saturated carbocycles. The molecule has 0 aromatic heterocycles. The van der Waals surface area contributed by atoms with Gasteiger partial charge < -0.3 is 20.1 Å². The summed E-state index contributed by atoms with van der Waals surface area (Å²) in [6, 6.07) is 3.34. The third-order valence-corrected chi connectivity index (χ3v) is 4.22. The minimum Gasteiger partial charge on any atom is -0.493 e. The Hall–Kier alpha value is -1.46. The van der Waals surface area contributed by atoms with Gasteiger partial charge in [0.05, 0.1) is 18.7 Å². The number of hydrogen-bond acceptors (Lipinski definition) is 4. The molecule has 2 N–H and O–H groups in total. The third kappa shape index (κ3) is 4.30. The fraction of sp³-hybridized carbons (Fsp3) is 0.588. The van der Waals surface area contributed by atoms with E-state index in [4.69, 9.17) is 26.8 Å². The summed E-state index contributed by atoms with van der Waals surface area (Å²) in [5.74, 6) is 1.67. The lowest BCUT2D eigenvalue weighted by molar-refractivity contribution is 0.0787. The number of carbonyl (C=O) groups excluding carboxylic acids is 1. The van der Waals surface area contributed by atoms with E-state index in [2.05, 4.69) is 13.8 Å². The minimum atomic E-state index is -0.0449. The van der Waals surface area contributed by atoms with Gasteiger partial charge in [-0.3, -0.25) is 4.79 Å². The first kappa shape index (κ1) is 17.9. The number of nitrogens with zero attached hydrogens (tertiary/aromatic N) is 1. The molecule has 1 heterocycles. The summed E-state index contributed by atoms with van der Waals surface area (Å²) in [4.78, 5) is 14.5. The molecule has 0 aliphatic carbocycles. The number of amides is 1. The van der Waals surface area contributed by atoms with Gasteiger partial charge >= 0.3 is 0 Å². The zero-order valence-corrected chi connectivity index (χ0v) is 14.7. The largest absolute Gasteiger partial charge is 0.493 e. The average molecular weight is 341 g/mol. The summed E-state index contributed by atoms with van der Waals surface area (Å²) >= 11 is 6.31. The summed E-state index contributed by atoms with van der Waals surface area (Å²) in [5.41, 5.74) is 6.20. The van der Waals surface area contributed by atoms with Crippen molar-refractivity contribution in [2.45, 2.75) is 20.3 Å². The van der Waals surface area contributed by atoms with E-state index in [0.717, 1.165) is 13.0 Å². The lowest BCUT2D eigenvalue weighted by Crippen LogP contribution is -2.29. The van der Waals surface area contributed by atoms with Gasteiger partial charge in [-0.1, -0.05) is 25.4 Å². The van der Waals surface area contributed by atoms with Crippen LogP contribution in [0.5, 0.6) is 11.5 Å². The Morgan fingerprint density at radius 1 is 1.48 bits per heavy atom. The quantitative estimate of drug-likeness (QED) is 0.864. The summed E-state index contributed by atoms with van der Waals surface area (Å²) in [5, 5.41) is 0.392. The number of carbonyl (C=O) groups is 1. The molecule has 1 atom stereocenters. The van der Waals surface area contributed by atoms with Gasteiger partial charge in [-0.05, 0) is 36.9 Å². The van der Waals surface area contributed by atoms with Crippen LogP contribution in [0.1, 0.15) is 30.6 Å². The normalized spacial score (nSPS) is 17.7. The fourth-order valence-electron chi connectivity index (χ4n) is 2.63. The summed E-state index contributed by atoms with van der Waals surface area (Å²) in [6.07, 6.45) is 0.947. The van der Waals surface area contributed by atoms with Gasteiger partial charge in [0.25, 0.3) is 5.91 Å². The van der Waals surface area contributed by atoms with Crippen LogP contribution in [0, 0.1) is 11.8 Å². The highest BCUT2D eigenvalue weighted by atomic mass is 35.5. The molecular weight excluding hydrogens is 316 g/mol. The second kappa shape index (κ2) is 7.88. The molecule has 0 unspecified atom stereocenters. The first-order valence-electron chi connectivity index (χ1n) is 7.95. The maximum absolute atomic E-state index is 12.6. The molecule has 1 aliphatic rings. The van der Waals surface area contributed by atoms with Crippen molar-refractivity contribution in [3.8, 4) is 11.5 Å². The van der Waals surface area contributed by atoms with Gasteiger partial charge in [-0.2, -0.15) is 0 Å². The Morgan fingerprint density at radius 2 is 2.22 bits per heavy atom. The summed E-state index contributed by atoms with van der Waals surface area (Å²) < 4.78 is 11.1. The van der Waals surface area contributed by atoms with Gasteiger partial charge in [0.1, 0.15) is 0 Å². The van der Waals surface area contributed by atoms with Crippen LogP contribution in [0.15, 0.2) is 12.1 Å². The second-order valence-electron chi connectivity index (χ2n) is 6.34. The molecular formula is C17H25ClN2O3. The molecule has 0 bridgehead atoms. The SMILES string of the molecule is COc1cc(C(=O)N2CC[C@@H](CN)C2)cc(Cl)c1OCC(C)C. The topological polar surface area (TPSA) is 64.8 Å². The highest BCUT2D eigenvalue weighted by Gasteiger charge is 2.27. The molecule has 1 fully saturated rings. The number of halogens is 1. The van der Waals surface area contributed by atoms with Crippen LogP contribution in [-0.4, -0.2) is 44.2 Å². The van der Waals surface area contributed by atoms with Crippen molar-refractivity contribution in [2.75, 3.05) is 33.4 Å². The van der Waals surface area contributed by atoms with E-state index in [0.29, 0.717) is 53.6 Å². The predicted molar refractivity (Wildman–Crippen MR) is 91.4 cm³/mol. The zero-order chi connectivity index (χ0) is 17.0. The second-order valence-corrected chi connectivity index (χ2v) is 6.74. The Labute approximate surface area is 142 Å². The van der Waals surface area contributed by atoms with Crippen molar-refractivity contribution in [1.82, 2.24) is 4.90 Å². The lowest BCUT2D eigenvalue weighted by atomic mass is 10.1. The van der Waals surface area contributed by atoms with Crippen molar-refractivity contribution in [3.05, 3.63) is 22.7 Å². The van der Waals surface area contributed by atoms with Gasteiger partial charge in [0.2, 0.25) is 0 Å². The lowest BCUT2D eigenvalue weighted by Gasteiger charge is -2.19.